The van der Waals surface area contributed by atoms with E-state index in [1.807, 2.05) is 0 Å². The monoisotopic (exact) mass is 500 g/mol. The van der Waals surface area contributed by atoms with Crippen LogP contribution >= 0.6 is 0 Å². The molecule has 8 atom stereocenters. The molecule has 0 bridgehead atoms. The summed E-state index contributed by atoms with van der Waals surface area (Å²) in [4.78, 5) is 0. The molecule has 4 aliphatic carbocycles. The Morgan fingerprint density at radius 1 is 0.914 bits per heavy atom. The zero-order valence-corrected chi connectivity index (χ0v) is 25.9. The molecule has 202 valence electrons. The molecule has 0 N–H and O–H groups in total. The third-order valence-electron chi connectivity index (χ3n) is 12.6. The maximum Gasteiger partial charge on any atom is 0.192 e. The summed E-state index contributed by atoms with van der Waals surface area (Å²) >= 11 is 0. The van der Waals surface area contributed by atoms with Crippen LogP contribution in [0.1, 0.15) is 126 Å². The molecular formula is C33H60OSi. The molecule has 0 aromatic carbocycles. The molecule has 35 heavy (non-hydrogen) atoms. The summed E-state index contributed by atoms with van der Waals surface area (Å²) < 4.78 is 7.03. The summed E-state index contributed by atoms with van der Waals surface area (Å²) in [5, 5.41) is 0. The Bertz CT molecular complexity index is 729. The Kier molecular flexibility index (Phi) is 8.75. The van der Waals surface area contributed by atoms with Gasteiger partial charge in [0.15, 0.2) is 8.32 Å². The van der Waals surface area contributed by atoms with E-state index in [9.17, 15) is 0 Å². The van der Waals surface area contributed by atoms with Crippen molar-refractivity contribution in [3.63, 3.8) is 0 Å². The minimum atomic E-state index is -1.51. The first-order chi connectivity index (χ1) is 16.6. The second-order valence-electron chi connectivity index (χ2n) is 14.5. The Labute approximate surface area is 220 Å². The third-order valence-corrected chi connectivity index (χ3v) is 17.3. The van der Waals surface area contributed by atoms with Crippen molar-refractivity contribution in [1.82, 2.24) is 0 Å². The van der Waals surface area contributed by atoms with Gasteiger partial charge in [-0.25, -0.2) is 0 Å². The van der Waals surface area contributed by atoms with Crippen LogP contribution in [0.5, 0.6) is 0 Å². The van der Waals surface area contributed by atoms with Gasteiger partial charge in [0, 0.05) is 6.10 Å². The van der Waals surface area contributed by atoms with E-state index in [0.29, 0.717) is 16.9 Å². The Hall–Kier alpha value is -0.0831. The fourth-order valence-electron chi connectivity index (χ4n) is 10.1. The van der Waals surface area contributed by atoms with Gasteiger partial charge in [-0.15, -0.1) is 0 Å². The van der Waals surface area contributed by atoms with E-state index in [-0.39, 0.29) is 0 Å². The number of hydrogen-bond donors (Lipinski definition) is 0. The van der Waals surface area contributed by atoms with E-state index < -0.39 is 8.32 Å². The highest BCUT2D eigenvalue weighted by atomic mass is 28.4. The van der Waals surface area contributed by atoms with E-state index >= 15 is 0 Å². The zero-order valence-electron chi connectivity index (χ0n) is 24.9. The standard InChI is InChI=1S/C33H60OSi/c1-9-35(10-2,11-3)34-27-19-21-32(7)26(23-27)15-16-28-30-18-17-29(25(6)14-12-13-24(4)5)33(30,8)22-20-31(28)32/h15,24-25,27-31H,9-14,16-23H2,1-8H3/t25-,27+,28+,29-,30+,31+,32+,33-/m1/s1. The molecule has 2 heteroatoms. The van der Waals surface area contributed by atoms with Gasteiger partial charge in [-0.05, 0) is 116 Å². The van der Waals surface area contributed by atoms with Gasteiger partial charge in [0.2, 0.25) is 0 Å². The third kappa shape index (κ3) is 5.15. The molecule has 0 aliphatic heterocycles. The van der Waals surface area contributed by atoms with E-state index in [2.05, 4.69) is 61.5 Å². The average Bonchev–Trinajstić information content (AvgIpc) is 3.20. The van der Waals surface area contributed by atoms with E-state index in [1.165, 1.54) is 88.8 Å². The fourth-order valence-corrected chi connectivity index (χ4v) is 13.0. The topological polar surface area (TPSA) is 9.23 Å². The molecule has 0 heterocycles. The Morgan fingerprint density at radius 2 is 1.63 bits per heavy atom. The molecular weight excluding hydrogens is 440 g/mol. The quantitative estimate of drug-likeness (QED) is 0.214. The van der Waals surface area contributed by atoms with Crippen LogP contribution in [0.15, 0.2) is 11.6 Å². The molecule has 4 rings (SSSR count). The molecule has 1 nitrogen and oxygen atoms in total. The minimum absolute atomic E-state index is 0.458. The van der Waals surface area contributed by atoms with Gasteiger partial charge in [0.25, 0.3) is 0 Å². The highest BCUT2D eigenvalue weighted by Gasteiger charge is 2.59. The summed E-state index contributed by atoms with van der Waals surface area (Å²) in [6.45, 7) is 20.0. The van der Waals surface area contributed by atoms with Gasteiger partial charge in [-0.2, -0.15) is 0 Å². The summed E-state index contributed by atoms with van der Waals surface area (Å²) in [5.41, 5.74) is 2.87. The first kappa shape index (κ1) is 27.9. The predicted molar refractivity (Wildman–Crippen MR) is 155 cm³/mol. The summed E-state index contributed by atoms with van der Waals surface area (Å²) in [5.74, 6) is 5.60. The van der Waals surface area contributed by atoms with Crippen LogP contribution in [0.2, 0.25) is 18.1 Å². The lowest BCUT2D eigenvalue weighted by Crippen LogP contribution is -2.51. The molecule has 0 amide bonds. The molecule has 0 spiro atoms. The van der Waals surface area contributed by atoms with Gasteiger partial charge in [-0.3, -0.25) is 0 Å². The van der Waals surface area contributed by atoms with Crippen LogP contribution in [0.3, 0.4) is 0 Å². The Balaban J connectivity index is 1.45. The van der Waals surface area contributed by atoms with Crippen molar-refractivity contribution in [1.29, 1.82) is 0 Å². The van der Waals surface area contributed by atoms with Gasteiger partial charge >= 0.3 is 0 Å². The highest BCUT2D eigenvalue weighted by Crippen LogP contribution is 2.67. The second kappa shape index (κ2) is 11.0. The normalized spacial score (nSPS) is 40.1. The molecule has 0 aromatic rings. The van der Waals surface area contributed by atoms with Crippen LogP contribution < -0.4 is 0 Å². The van der Waals surface area contributed by atoms with Gasteiger partial charge < -0.3 is 4.43 Å². The molecule has 4 aliphatic rings. The zero-order chi connectivity index (χ0) is 25.4. The van der Waals surface area contributed by atoms with Crippen LogP contribution in [-0.2, 0) is 4.43 Å². The van der Waals surface area contributed by atoms with E-state index in [0.717, 1.165) is 35.5 Å². The molecule has 0 radical (unpaired) electrons. The predicted octanol–water partition coefficient (Wildman–Crippen LogP) is 10.4. The average molecular weight is 501 g/mol. The van der Waals surface area contributed by atoms with Crippen LogP contribution in [0, 0.1) is 46.3 Å². The van der Waals surface area contributed by atoms with Crippen molar-refractivity contribution in [3.8, 4) is 0 Å². The lowest BCUT2D eigenvalue weighted by molar-refractivity contribution is -0.0564. The van der Waals surface area contributed by atoms with Gasteiger partial charge in [-0.1, -0.05) is 86.3 Å². The smallest absolute Gasteiger partial charge is 0.192 e. The first-order valence-electron chi connectivity index (χ1n) is 16.0. The minimum Gasteiger partial charge on any atom is -0.414 e. The summed E-state index contributed by atoms with van der Waals surface area (Å²) in [6, 6.07) is 3.86. The molecule has 3 saturated carbocycles. The van der Waals surface area contributed by atoms with Crippen molar-refractivity contribution in [3.05, 3.63) is 11.6 Å². The van der Waals surface area contributed by atoms with Crippen molar-refractivity contribution >= 4 is 8.32 Å². The lowest BCUT2D eigenvalue weighted by atomic mass is 9.47. The van der Waals surface area contributed by atoms with E-state index in [4.69, 9.17) is 4.43 Å². The molecule has 0 saturated heterocycles. The van der Waals surface area contributed by atoms with Crippen LogP contribution in [0.4, 0.5) is 0 Å². The Morgan fingerprint density at radius 3 is 2.29 bits per heavy atom. The van der Waals surface area contributed by atoms with Crippen molar-refractivity contribution < 1.29 is 4.43 Å². The second-order valence-corrected chi connectivity index (χ2v) is 19.2. The highest BCUT2D eigenvalue weighted by molar-refractivity contribution is 6.73. The van der Waals surface area contributed by atoms with Crippen molar-refractivity contribution in [2.75, 3.05) is 0 Å². The van der Waals surface area contributed by atoms with Crippen molar-refractivity contribution in [2.45, 2.75) is 150 Å². The SMILES string of the molecule is CC[Si](CC)(CC)O[C@H]1CC[C@@]2(C)C(=CC[C@H]3[C@@H]4CC[C@H]([C@H](C)CCCC(C)C)[C@@]4(C)CC[C@@H]32)C1. The maximum absolute atomic E-state index is 7.03. The van der Waals surface area contributed by atoms with Gasteiger partial charge in [0.05, 0.1) is 0 Å². The number of rotatable bonds is 10. The largest absolute Gasteiger partial charge is 0.414 e. The van der Waals surface area contributed by atoms with Crippen LogP contribution in [0.25, 0.3) is 0 Å². The lowest BCUT2D eigenvalue weighted by Gasteiger charge is -2.59. The first-order valence-corrected chi connectivity index (χ1v) is 18.5. The maximum atomic E-state index is 7.03. The summed E-state index contributed by atoms with van der Waals surface area (Å²) in [7, 11) is -1.51. The van der Waals surface area contributed by atoms with Gasteiger partial charge in [0.1, 0.15) is 0 Å². The number of hydrogen-bond acceptors (Lipinski definition) is 1. The molecule has 0 aromatic heterocycles. The number of allylic oxidation sites excluding steroid dienone is 1. The number of fused-ring (bicyclic) bond motifs is 5. The van der Waals surface area contributed by atoms with Crippen molar-refractivity contribution in [2.24, 2.45) is 46.3 Å². The fraction of sp³-hybridized carbons (Fsp3) is 0.939. The van der Waals surface area contributed by atoms with Crippen LogP contribution in [-0.4, -0.2) is 14.4 Å². The van der Waals surface area contributed by atoms with E-state index in [1.54, 1.807) is 5.57 Å². The molecule has 0 unspecified atom stereocenters. The summed E-state index contributed by atoms with van der Waals surface area (Å²) in [6.07, 6.45) is 18.9. The molecule has 3 fully saturated rings.